The van der Waals surface area contributed by atoms with Crippen molar-refractivity contribution in [3.05, 3.63) is 17.6 Å². The van der Waals surface area contributed by atoms with Gasteiger partial charge in [0, 0.05) is 5.92 Å². The van der Waals surface area contributed by atoms with Crippen LogP contribution in [-0.4, -0.2) is 17.1 Å². The number of carbonyl (C=O) groups excluding carboxylic acids is 1. The van der Waals surface area contributed by atoms with Gasteiger partial charge in [0.25, 0.3) is 0 Å². The van der Waals surface area contributed by atoms with Crippen LogP contribution >= 0.6 is 0 Å². The molecule has 1 fully saturated rings. The third kappa shape index (κ3) is 1.36. The van der Waals surface area contributed by atoms with Gasteiger partial charge in [-0.15, -0.1) is 11.5 Å². The van der Waals surface area contributed by atoms with Crippen molar-refractivity contribution in [2.24, 2.45) is 16.9 Å². The van der Waals surface area contributed by atoms with Crippen LogP contribution in [0.2, 0.25) is 0 Å². The van der Waals surface area contributed by atoms with E-state index >= 15 is 0 Å². The van der Waals surface area contributed by atoms with Crippen LogP contribution in [0.15, 0.2) is 17.9 Å². The average Bonchev–Trinajstić information content (AvgIpc) is 2.68. The summed E-state index contributed by atoms with van der Waals surface area (Å²) >= 11 is 0. The summed E-state index contributed by atoms with van der Waals surface area (Å²) in [5, 5.41) is 3.27. The highest BCUT2D eigenvalue weighted by Gasteiger charge is 2.42. The van der Waals surface area contributed by atoms with Gasteiger partial charge in [-0.05, 0) is 6.42 Å². The Morgan fingerprint density at radius 3 is 2.73 bits per heavy atom. The van der Waals surface area contributed by atoms with E-state index in [-0.39, 0.29) is 12.0 Å². The lowest BCUT2D eigenvalue weighted by Crippen LogP contribution is -2.33. The minimum absolute atomic E-state index is 0.150. The molecule has 0 radical (unpaired) electrons. The smallest absolute Gasteiger partial charge is 0.338 e. The maximum Gasteiger partial charge on any atom is 0.338 e. The summed E-state index contributed by atoms with van der Waals surface area (Å²) in [6.45, 7) is 3.53. The number of nitroso groups, excluding NO2 is 1. The van der Waals surface area contributed by atoms with Crippen LogP contribution in [0.5, 0.6) is 0 Å². The van der Waals surface area contributed by atoms with E-state index in [0.29, 0.717) is 0 Å². The Balaban J connectivity index is 2.52. The maximum atomic E-state index is 10.5. The number of hydrogen-bond acceptors (Lipinski definition) is 3. The molecule has 0 aliphatic heterocycles. The topological polar surface area (TPSA) is 75.8 Å². The Kier molecular flexibility index (Phi) is 1.89. The summed E-state index contributed by atoms with van der Waals surface area (Å²) in [6.07, 6.45) is 2.42. The minimum atomic E-state index is -0.797. The number of rotatable bonds is 3. The molecule has 0 spiro atoms. The molecule has 5 heteroatoms. The van der Waals surface area contributed by atoms with Crippen molar-refractivity contribution in [1.82, 2.24) is 5.01 Å². The molecular formula is C6H9N3O2. The fourth-order valence-electron chi connectivity index (χ4n) is 0.999. The Morgan fingerprint density at radius 1 is 1.82 bits per heavy atom. The zero-order valence-electron chi connectivity index (χ0n) is 5.93. The Hall–Kier alpha value is -1.39. The van der Waals surface area contributed by atoms with E-state index < -0.39 is 6.03 Å². The van der Waals surface area contributed by atoms with E-state index in [2.05, 4.69) is 11.9 Å². The lowest BCUT2D eigenvalue weighted by molar-refractivity contribution is 0.204. The summed E-state index contributed by atoms with van der Waals surface area (Å²) in [5.41, 5.74) is 4.86. The molecule has 0 aromatic heterocycles. The van der Waals surface area contributed by atoms with Crippen molar-refractivity contribution in [3.63, 3.8) is 0 Å². The fourth-order valence-corrected chi connectivity index (χ4v) is 0.999. The molecule has 60 valence electrons. The van der Waals surface area contributed by atoms with Crippen molar-refractivity contribution in [2.75, 3.05) is 0 Å². The quantitative estimate of drug-likeness (QED) is 0.368. The second kappa shape index (κ2) is 2.69. The van der Waals surface area contributed by atoms with Crippen molar-refractivity contribution >= 4 is 6.03 Å². The number of hydrogen-bond donors (Lipinski definition) is 1. The average molecular weight is 155 g/mol. The van der Waals surface area contributed by atoms with Gasteiger partial charge in [0.1, 0.15) is 0 Å². The first kappa shape index (κ1) is 7.71. The van der Waals surface area contributed by atoms with Crippen LogP contribution in [0.25, 0.3) is 0 Å². The molecule has 0 heterocycles. The molecule has 1 aliphatic rings. The van der Waals surface area contributed by atoms with Crippen LogP contribution in [0, 0.1) is 10.8 Å². The van der Waals surface area contributed by atoms with E-state index in [1.54, 1.807) is 6.08 Å². The minimum Gasteiger partial charge on any atom is -0.350 e. The predicted octanol–water partition coefficient (Wildman–Crippen LogP) is 0.623. The van der Waals surface area contributed by atoms with Gasteiger partial charge in [0.05, 0.1) is 11.3 Å². The van der Waals surface area contributed by atoms with Crippen LogP contribution in [0.1, 0.15) is 6.42 Å². The zero-order valence-corrected chi connectivity index (χ0v) is 5.93. The highest BCUT2D eigenvalue weighted by Crippen LogP contribution is 2.36. The number of urea groups is 1. The fraction of sp³-hybridized carbons (Fsp3) is 0.500. The molecule has 0 aromatic rings. The van der Waals surface area contributed by atoms with Crippen molar-refractivity contribution in [3.8, 4) is 0 Å². The summed E-state index contributed by atoms with van der Waals surface area (Å²) in [4.78, 5) is 20.5. The first-order valence-corrected chi connectivity index (χ1v) is 3.25. The summed E-state index contributed by atoms with van der Waals surface area (Å²) < 4.78 is 0. The molecule has 0 unspecified atom stereocenters. The SMILES string of the molecule is C=C[C@H]1C[C@@H]1N(N=O)C(N)=O. The zero-order chi connectivity index (χ0) is 8.43. The highest BCUT2D eigenvalue weighted by molar-refractivity contribution is 5.72. The van der Waals surface area contributed by atoms with E-state index in [9.17, 15) is 9.70 Å². The van der Waals surface area contributed by atoms with Crippen molar-refractivity contribution in [1.29, 1.82) is 0 Å². The van der Waals surface area contributed by atoms with Crippen molar-refractivity contribution in [2.45, 2.75) is 12.5 Å². The maximum absolute atomic E-state index is 10.5. The standard InChI is InChI=1S/C6H9N3O2/c1-2-4-3-5(4)9(8-11)6(7)10/h2,4-5H,1,3H2,(H2,7,10)/t4-,5-/m0/s1. The van der Waals surface area contributed by atoms with Crippen LogP contribution in [0.3, 0.4) is 0 Å². The van der Waals surface area contributed by atoms with E-state index in [1.165, 1.54) is 0 Å². The van der Waals surface area contributed by atoms with E-state index in [4.69, 9.17) is 5.73 Å². The third-order valence-electron chi connectivity index (χ3n) is 1.74. The molecule has 0 bridgehead atoms. The van der Waals surface area contributed by atoms with E-state index in [0.717, 1.165) is 11.4 Å². The Labute approximate surface area is 63.8 Å². The molecule has 0 saturated heterocycles. The summed E-state index contributed by atoms with van der Waals surface area (Å²) in [5.74, 6) is 0.181. The predicted molar refractivity (Wildman–Crippen MR) is 39.3 cm³/mol. The van der Waals surface area contributed by atoms with Gasteiger partial charge in [-0.1, -0.05) is 6.08 Å². The lowest BCUT2D eigenvalue weighted by atomic mass is 10.4. The third-order valence-corrected chi connectivity index (χ3v) is 1.74. The largest absolute Gasteiger partial charge is 0.350 e. The molecule has 5 nitrogen and oxygen atoms in total. The Morgan fingerprint density at radius 2 is 2.45 bits per heavy atom. The number of primary amides is 1. The van der Waals surface area contributed by atoms with Gasteiger partial charge in [-0.25, -0.2) is 4.79 Å². The molecule has 0 aromatic carbocycles. The molecular weight excluding hydrogens is 146 g/mol. The molecule has 2 amide bonds. The van der Waals surface area contributed by atoms with Gasteiger partial charge >= 0.3 is 6.03 Å². The summed E-state index contributed by atoms with van der Waals surface area (Å²) in [7, 11) is 0. The normalized spacial score (nSPS) is 27.3. The number of carbonyl (C=O) groups is 1. The van der Waals surface area contributed by atoms with Crippen LogP contribution < -0.4 is 5.73 Å². The molecule has 1 saturated carbocycles. The molecule has 1 rings (SSSR count). The van der Waals surface area contributed by atoms with Crippen LogP contribution in [0.4, 0.5) is 4.79 Å². The molecule has 2 N–H and O–H groups in total. The monoisotopic (exact) mass is 155 g/mol. The Bertz CT molecular complexity index is 204. The van der Waals surface area contributed by atoms with Gasteiger partial charge < -0.3 is 5.73 Å². The highest BCUT2D eigenvalue weighted by atomic mass is 16.3. The van der Waals surface area contributed by atoms with Gasteiger partial charge in [-0.2, -0.15) is 5.01 Å². The van der Waals surface area contributed by atoms with Gasteiger partial charge in [-0.3, -0.25) is 0 Å². The number of amides is 2. The number of nitrogens with two attached hydrogens (primary N) is 1. The summed E-state index contributed by atoms with van der Waals surface area (Å²) in [6, 6.07) is -0.947. The molecule has 1 aliphatic carbocycles. The van der Waals surface area contributed by atoms with E-state index in [1.807, 2.05) is 0 Å². The molecule has 2 atom stereocenters. The van der Waals surface area contributed by atoms with Gasteiger partial charge in [0.2, 0.25) is 0 Å². The van der Waals surface area contributed by atoms with Gasteiger partial charge in [0.15, 0.2) is 0 Å². The first-order chi connectivity index (χ1) is 5.20. The first-order valence-electron chi connectivity index (χ1n) is 3.25. The molecule has 11 heavy (non-hydrogen) atoms. The second-order valence-corrected chi connectivity index (χ2v) is 2.47. The lowest BCUT2D eigenvalue weighted by Gasteiger charge is -2.07. The number of nitrogens with zero attached hydrogens (tertiary/aromatic N) is 2. The van der Waals surface area contributed by atoms with Crippen molar-refractivity contribution < 1.29 is 4.79 Å². The second-order valence-electron chi connectivity index (χ2n) is 2.47. The van der Waals surface area contributed by atoms with Crippen LogP contribution in [-0.2, 0) is 0 Å².